The molecule has 1 aromatic heterocycles. The summed E-state index contributed by atoms with van der Waals surface area (Å²) in [6.07, 6.45) is 3.67. The van der Waals surface area contributed by atoms with Gasteiger partial charge in [0, 0.05) is 18.2 Å². The molecule has 1 unspecified atom stereocenters. The molecule has 0 aliphatic carbocycles. The van der Waals surface area contributed by atoms with Crippen molar-refractivity contribution in [1.82, 2.24) is 10.3 Å². The van der Waals surface area contributed by atoms with Crippen LogP contribution in [0.2, 0.25) is 0 Å². The lowest BCUT2D eigenvalue weighted by Crippen LogP contribution is -2.31. The van der Waals surface area contributed by atoms with Gasteiger partial charge in [-0.25, -0.2) is 9.19 Å². The first-order valence-corrected chi connectivity index (χ1v) is 13.7. The normalized spacial score (nSPS) is 13.8. The first-order chi connectivity index (χ1) is 17.6. The van der Waals surface area contributed by atoms with Gasteiger partial charge in [-0.05, 0) is 40.9 Å². The monoisotopic (exact) mass is 535 g/mol. The third kappa shape index (κ3) is 7.46. The zero-order valence-corrected chi connectivity index (χ0v) is 21.8. The van der Waals surface area contributed by atoms with Crippen LogP contribution in [-0.4, -0.2) is 39.0 Å². The standard InChI is InChI=1S/C23H30N5O8P/c1-4-5-6-7-14-37(33,35-18-10-8-17(9-11-18)27(29)30)34-15-20(16(2)3)24-19-12-13-21(28(31)32)23-22(19)25-36-26-23/h8-13,16,20,24H,4-7,14-15H2,1-3H3/t20-,37?/m0/s1. The lowest BCUT2D eigenvalue weighted by molar-refractivity contribution is -0.384. The number of nitro groups is 2. The van der Waals surface area contributed by atoms with Crippen molar-refractivity contribution in [2.45, 2.75) is 52.5 Å². The number of non-ortho nitro benzene ring substituents is 2. The molecule has 2 aromatic carbocycles. The van der Waals surface area contributed by atoms with Crippen LogP contribution in [0.3, 0.4) is 0 Å². The van der Waals surface area contributed by atoms with Crippen LogP contribution < -0.4 is 9.84 Å². The SMILES string of the molecule is CCCCCCP(=O)(OC[C@H](Nc1ccc([N+](=O)[O-])c2nonc12)C(C)C)Oc1ccc([N+](=O)[O-])cc1. The Morgan fingerprint density at radius 1 is 1.00 bits per heavy atom. The van der Waals surface area contributed by atoms with E-state index in [1.807, 2.05) is 13.8 Å². The van der Waals surface area contributed by atoms with Crippen LogP contribution in [0.1, 0.15) is 46.5 Å². The Kier molecular flexibility index (Phi) is 9.54. The predicted molar refractivity (Wildman–Crippen MR) is 137 cm³/mol. The molecular weight excluding hydrogens is 505 g/mol. The van der Waals surface area contributed by atoms with E-state index in [1.54, 1.807) is 0 Å². The third-order valence-corrected chi connectivity index (χ3v) is 7.66. The second-order valence-corrected chi connectivity index (χ2v) is 11.0. The molecule has 0 fully saturated rings. The summed E-state index contributed by atoms with van der Waals surface area (Å²) >= 11 is 0. The Bertz CT molecular complexity index is 1260. The van der Waals surface area contributed by atoms with Gasteiger partial charge in [0.2, 0.25) is 5.52 Å². The van der Waals surface area contributed by atoms with Crippen LogP contribution >= 0.6 is 7.60 Å². The number of hydrogen-bond acceptors (Lipinski definition) is 11. The van der Waals surface area contributed by atoms with Gasteiger partial charge in [-0.15, -0.1) is 0 Å². The summed E-state index contributed by atoms with van der Waals surface area (Å²) in [6.45, 7) is 5.95. The minimum atomic E-state index is -3.62. The molecule has 0 radical (unpaired) electrons. The Morgan fingerprint density at radius 3 is 2.32 bits per heavy atom. The lowest BCUT2D eigenvalue weighted by atomic mass is 10.0. The number of rotatable bonds is 15. The van der Waals surface area contributed by atoms with Crippen molar-refractivity contribution in [3.8, 4) is 5.75 Å². The van der Waals surface area contributed by atoms with Crippen LogP contribution in [0, 0.1) is 26.1 Å². The number of anilines is 1. The van der Waals surface area contributed by atoms with Gasteiger partial charge in [0.25, 0.3) is 5.69 Å². The molecule has 0 aliphatic rings. The van der Waals surface area contributed by atoms with Crippen molar-refractivity contribution in [2.75, 3.05) is 18.1 Å². The van der Waals surface area contributed by atoms with Crippen molar-refractivity contribution in [1.29, 1.82) is 0 Å². The van der Waals surface area contributed by atoms with E-state index in [-0.39, 0.29) is 52.9 Å². The van der Waals surface area contributed by atoms with E-state index in [0.717, 1.165) is 19.3 Å². The van der Waals surface area contributed by atoms with Crippen LogP contribution in [0.25, 0.3) is 11.0 Å². The molecule has 2 atom stereocenters. The molecule has 0 bridgehead atoms. The fraction of sp³-hybridized carbons (Fsp3) is 0.478. The summed E-state index contributed by atoms with van der Waals surface area (Å²) in [5, 5.41) is 32.9. The van der Waals surface area contributed by atoms with Crippen molar-refractivity contribution in [3.05, 3.63) is 56.6 Å². The summed E-state index contributed by atoms with van der Waals surface area (Å²) in [5.41, 5.74) is 0.337. The maximum absolute atomic E-state index is 13.7. The summed E-state index contributed by atoms with van der Waals surface area (Å²) in [5.74, 6) is 0.210. The molecule has 37 heavy (non-hydrogen) atoms. The number of nitrogens with zero attached hydrogens (tertiary/aromatic N) is 4. The Hall–Kier alpha value is -3.57. The largest absolute Gasteiger partial charge is 0.424 e. The lowest BCUT2D eigenvalue weighted by Gasteiger charge is -2.26. The highest BCUT2D eigenvalue weighted by Gasteiger charge is 2.29. The van der Waals surface area contributed by atoms with Gasteiger partial charge in [0.15, 0.2) is 5.52 Å². The summed E-state index contributed by atoms with van der Waals surface area (Å²) in [7, 11) is -3.62. The van der Waals surface area contributed by atoms with E-state index in [1.165, 1.54) is 36.4 Å². The number of hydrogen-bond donors (Lipinski definition) is 1. The molecule has 200 valence electrons. The van der Waals surface area contributed by atoms with Crippen molar-refractivity contribution < 1.29 is 28.1 Å². The molecule has 14 heteroatoms. The average Bonchev–Trinajstić information content (AvgIpc) is 3.35. The van der Waals surface area contributed by atoms with Crippen molar-refractivity contribution >= 4 is 35.7 Å². The van der Waals surface area contributed by atoms with Crippen molar-refractivity contribution in [3.63, 3.8) is 0 Å². The topological polar surface area (TPSA) is 173 Å². The van der Waals surface area contributed by atoms with Gasteiger partial charge in [-0.3, -0.25) is 24.8 Å². The molecule has 0 saturated heterocycles. The van der Waals surface area contributed by atoms with Crippen LogP contribution in [0.5, 0.6) is 5.75 Å². The molecule has 1 heterocycles. The van der Waals surface area contributed by atoms with Gasteiger partial charge >= 0.3 is 13.3 Å². The molecule has 0 amide bonds. The maximum Gasteiger partial charge on any atom is 0.379 e. The minimum Gasteiger partial charge on any atom is -0.424 e. The number of benzene rings is 2. The fourth-order valence-electron chi connectivity index (χ4n) is 3.57. The van der Waals surface area contributed by atoms with E-state index in [4.69, 9.17) is 13.7 Å². The number of nitrogens with one attached hydrogen (secondary N) is 1. The number of fused-ring (bicyclic) bond motifs is 1. The van der Waals surface area contributed by atoms with Gasteiger partial charge in [-0.1, -0.05) is 40.0 Å². The molecule has 1 N–H and O–H groups in total. The highest BCUT2D eigenvalue weighted by atomic mass is 31.2. The summed E-state index contributed by atoms with van der Waals surface area (Å²) < 4.78 is 30.1. The zero-order chi connectivity index (χ0) is 27.0. The number of aromatic nitrogens is 2. The van der Waals surface area contributed by atoms with Gasteiger partial charge in [0.1, 0.15) is 5.75 Å². The fourth-order valence-corrected chi connectivity index (χ4v) is 5.28. The van der Waals surface area contributed by atoms with Crippen molar-refractivity contribution in [2.24, 2.45) is 5.92 Å². The van der Waals surface area contributed by atoms with Crippen LogP contribution in [-0.2, 0) is 9.09 Å². The van der Waals surface area contributed by atoms with E-state index in [2.05, 4.69) is 22.6 Å². The van der Waals surface area contributed by atoms with E-state index >= 15 is 0 Å². The molecule has 0 saturated carbocycles. The van der Waals surface area contributed by atoms with Crippen LogP contribution in [0.15, 0.2) is 41.0 Å². The Morgan fingerprint density at radius 2 is 1.70 bits per heavy atom. The predicted octanol–water partition coefficient (Wildman–Crippen LogP) is 6.34. The average molecular weight is 535 g/mol. The third-order valence-electron chi connectivity index (χ3n) is 5.76. The molecule has 3 aromatic rings. The molecule has 0 aliphatic heterocycles. The van der Waals surface area contributed by atoms with Gasteiger partial charge in [0.05, 0.1) is 34.3 Å². The minimum absolute atomic E-state index is 0.000531. The second-order valence-electron chi connectivity index (χ2n) is 8.88. The quantitative estimate of drug-likeness (QED) is 0.0994. The summed E-state index contributed by atoms with van der Waals surface area (Å²) in [6, 6.07) is 7.79. The van der Waals surface area contributed by atoms with E-state index < -0.39 is 17.4 Å². The first kappa shape index (κ1) is 28.0. The molecule has 3 rings (SSSR count). The second kappa shape index (κ2) is 12.6. The van der Waals surface area contributed by atoms with E-state index in [0.29, 0.717) is 12.1 Å². The highest BCUT2D eigenvalue weighted by Crippen LogP contribution is 2.49. The summed E-state index contributed by atoms with van der Waals surface area (Å²) in [4.78, 5) is 21.1. The maximum atomic E-state index is 13.7. The van der Waals surface area contributed by atoms with Gasteiger partial charge < -0.3 is 9.84 Å². The number of nitro benzene ring substituents is 2. The van der Waals surface area contributed by atoms with E-state index in [9.17, 15) is 24.8 Å². The molecule has 13 nitrogen and oxygen atoms in total. The van der Waals surface area contributed by atoms with Crippen LogP contribution in [0.4, 0.5) is 17.1 Å². The van der Waals surface area contributed by atoms with Gasteiger partial charge in [-0.2, -0.15) is 0 Å². The molecular formula is C23H30N5O8P. The Balaban J connectivity index is 1.77. The first-order valence-electron chi connectivity index (χ1n) is 12.0. The molecule has 0 spiro atoms. The zero-order valence-electron chi connectivity index (χ0n) is 20.9. The highest BCUT2D eigenvalue weighted by molar-refractivity contribution is 7.54. The number of unbranched alkanes of at least 4 members (excludes halogenated alkanes) is 3. The smallest absolute Gasteiger partial charge is 0.379 e. The Labute approximate surface area is 213 Å².